The summed E-state index contributed by atoms with van der Waals surface area (Å²) in [6.45, 7) is 9.25. The first-order valence-electron chi connectivity index (χ1n) is 14.2. The van der Waals surface area contributed by atoms with Crippen LogP contribution in [0.15, 0.2) is 24.3 Å². The van der Waals surface area contributed by atoms with E-state index in [9.17, 15) is 0 Å². The second-order valence-corrected chi connectivity index (χ2v) is 14.8. The number of unbranched alkanes of at least 4 members (excludes halogenated alkanes) is 4. The van der Waals surface area contributed by atoms with E-state index in [1.807, 2.05) is 0 Å². The topological polar surface area (TPSA) is 0 Å². The molecule has 0 saturated heterocycles. The van der Waals surface area contributed by atoms with Gasteiger partial charge in [-0.3, -0.25) is 0 Å². The molecule has 0 spiro atoms. The second kappa shape index (κ2) is 12.1. The van der Waals surface area contributed by atoms with Gasteiger partial charge in [0.05, 0.1) is 18.1 Å². The van der Waals surface area contributed by atoms with Gasteiger partial charge in [-0.1, -0.05) is 53.4 Å². The molecular formula is C32H40S4. The maximum absolute atomic E-state index is 2.57. The molecule has 36 heavy (non-hydrogen) atoms. The van der Waals surface area contributed by atoms with Crippen LogP contribution in [0.5, 0.6) is 0 Å². The number of hydrogen-bond acceptors (Lipinski definition) is 4. The highest BCUT2D eigenvalue weighted by molar-refractivity contribution is 7.14. The second-order valence-electron chi connectivity index (χ2n) is 10.2. The Morgan fingerprint density at radius 3 is 0.806 bits per heavy atom. The average Bonchev–Trinajstić information content (AvgIpc) is 3.66. The van der Waals surface area contributed by atoms with Crippen molar-refractivity contribution in [2.24, 2.45) is 0 Å². The van der Waals surface area contributed by atoms with E-state index < -0.39 is 0 Å². The van der Waals surface area contributed by atoms with Crippen LogP contribution in [0, 0.1) is 39.0 Å². The fraction of sp³-hybridized carbons (Fsp3) is 0.500. The Bertz CT molecular complexity index is 1290. The first kappa shape index (κ1) is 26.4. The van der Waals surface area contributed by atoms with Gasteiger partial charge in [0.25, 0.3) is 0 Å². The van der Waals surface area contributed by atoms with Gasteiger partial charge in [-0.25, -0.2) is 0 Å². The summed E-state index contributed by atoms with van der Waals surface area (Å²) < 4.78 is 6.16. The van der Waals surface area contributed by atoms with Crippen molar-refractivity contribution in [3.63, 3.8) is 0 Å². The molecule has 0 N–H and O–H groups in total. The van der Waals surface area contributed by atoms with Gasteiger partial charge in [0.1, 0.15) is 0 Å². The largest absolute Gasteiger partial charge is 0.139 e. The predicted molar refractivity (Wildman–Crippen MR) is 162 cm³/mol. The lowest BCUT2D eigenvalue weighted by Gasteiger charge is -1.91. The summed E-state index contributed by atoms with van der Waals surface area (Å²) in [6, 6.07) is 10.3. The van der Waals surface area contributed by atoms with Gasteiger partial charge in [0.2, 0.25) is 0 Å². The minimum Gasteiger partial charge on any atom is -0.139 e. The average molecular weight is 553 g/mol. The van der Waals surface area contributed by atoms with Crippen LogP contribution in [-0.2, 0) is 25.7 Å². The SMILES string of the molecule is CCCCc1cc2/c(s1)=c1/sc(CCCC)c/c1=c1\cc(CCCC)s\c1=c1/sc(CCCC)c/c1=2. The summed E-state index contributed by atoms with van der Waals surface area (Å²) in [4.78, 5) is 6.27. The summed E-state index contributed by atoms with van der Waals surface area (Å²) in [7, 11) is 0. The zero-order chi connectivity index (χ0) is 25.1. The molecule has 4 aromatic heterocycles. The number of rotatable bonds is 12. The molecule has 0 unspecified atom stereocenters. The maximum Gasteiger partial charge on any atom is 0.0530 e. The number of fused-ring (bicyclic) bond motifs is 4. The van der Waals surface area contributed by atoms with Crippen LogP contribution in [0.3, 0.4) is 0 Å². The highest BCUT2D eigenvalue weighted by atomic mass is 32.1. The Balaban J connectivity index is 1.97. The Hall–Kier alpha value is -1.20. The summed E-state index contributed by atoms with van der Waals surface area (Å²) in [5.74, 6) is 0. The zero-order valence-electron chi connectivity index (χ0n) is 22.4. The van der Waals surface area contributed by atoms with Crippen molar-refractivity contribution >= 4 is 45.3 Å². The molecule has 4 heterocycles. The lowest BCUT2D eigenvalue weighted by molar-refractivity contribution is 0.803. The van der Waals surface area contributed by atoms with E-state index in [1.54, 1.807) is 19.5 Å². The van der Waals surface area contributed by atoms with Gasteiger partial charge in [-0.05, 0) is 75.6 Å². The maximum atomic E-state index is 2.57. The van der Waals surface area contributed by atoms with Crippen molar-refractivity contribution < 1.29 is 0 Å². The molecule has 192 valence electrons. The summed E-state index contributed by atoms with van der Waals surface area (Å²) in [5.41, 5.74) is 0. The van der Waals surface area contributed by atoms with Crippen molar-refractivity contribution in [2.45, 2.75) is 105 Å². The van der Waals surface area contributed by atoms with Crippen molar-refractivity contribution in [3.8, 4) is 0 Å². The summed E-state index contributed by atoms with van der Waals surface area (Å²) in [5, 5.41) is 6.05. The van der Waals surface area contributed by atoms with Gasteiger partial charge in [-0.15, -0.1) is 45.3 Å². The van der Waals surface area contributed by atoms with E-state index >= 15 is 0 Å². The smallest absolute Gasteiger partial charge is 0.0530 e. The molecule has 0 aromatic carbocycles. The van der Waals surface area contributed by atoms with Crippen molar-refractivity contribution in [3.05, 3.63) is 82.8 Å². The molecule has 0 saturated carbocycles. The van der Waals surface area contributed by atoms with Gasteiger partial charge in [0, 0.05) is 40.4 Å². The first-order chi connectivity index (χ1) is 17.7. The Kier molecular flexibility index (Phi) is 8.88. The van der Waals surface area contributed by atoms with Gasteiger partial charge >= 0.3 is 0 Å². The van der Waals surface area contributed by atoms with E-state index in [1.165, 1.54) is 116 Å². The number of aryl methyl sites for hydroxylation is 4. The molecule has 1 aliphatic carbocycles. The summed E-state index contributed by atoms with van der Waals surface area (Å²) >= 11 is 8.33. The molecule has 0 aliphatic heterocycles. The van der Waals surface area contributed by atoms with Crippen molar-refractivity contribution in [1.82, 2.24) is 0 Å². The molecule has 0 amide bonds. The van der Waals surface area contributed by atoms with Gasteiger partial charge < -0.3 is 0 Å². The van der Waals surface area contributed by atoms with Gasteiger partial charge in [0.15, 0.2) is 0 Å². The van der Waals surface area contributed by atoms with E-state index in [-0.39, 0.29) is 0 Å². The van der Waals surface area contributed by atoms with Crippen LogP contribution in [0.25, 0.3) is 0 Å². The predicted octanol–water partition coefficient (Wildman–Crippen LogP) is 10.8. The fourth-order valence-electron chi connectivity index (χ4n) is 5.14. The standard InChI is InChI=1S/C32H40S4/c1-5-9-13-21-17-25-26-18-22(14-10-6-2)35-31(26)32-28(20-24(36-32)16-12-8-4)27-19-23(15-11-7-3)34-30(27)29(25)33-21/h17-20H,5-16H2,1-4H3/b26-25-,28-27-,30-29-,32-31-. The lowest BCUT2D eigenvalue weighted by atomic mass is 10.1. The minimum absolute atomic E-state index is 1.21. The van der Waals surface area contributed by atoms with Crippen LogP contribution in [0.2, 0.25) is 0 Å². The van der Waals surface area contributed by atoms with Crippen molar-refractivity contribution in [2.75, 3.05) is 0 Å². The van der Waals surface area contributed by atoms with Crippen LogP contribution in [-0.4, -0.2) is 0 Å². The number of thiophene rings is 4. The first-order valence-corrected chi connectivity index (χ1v) is 17.5. The summed E-state index contributed by atoms with van der Waals surface area (Å²) in [6.07, 6.45) is 15.0. The van der Waals surface area contributed by atoms with Crippen LogP contribution in [0.1, 0.15) is 98.6 Å². The molecule has 4 heteroatoms. The highest BCUT2D eigenvalue weighted by Gasteiger charge is 2.12. The molecule has 5 rings (SSSR count). The Labute approximate surface area is 231 Å². The van der Waals surface area contributed by atoms with Crippen LogP contribution >= 0.6 is 45.3 Å². The normalized spacial score (nSPS) is 16.1. The third-order valence-electron chi connectivity index (χ3n) is 7.23. The quantitative estimate of drug-likeness (QED) is 0.144. The molecule has 0 radical (unpaired) electrons. The fourth-order valence-corrected chi connectivity index (χ4v) is 10.3. The van der Waals surface area contributed by atoms with E-state index in [0.717, 1.165) is 0 Å². The van der Waals surface area contributed by atoms with Gasteiger partial charge in [-0.2, -0.15) is 0 Å². The third-order valence-corrected chi connectivity index (χ3v) is 12.3. The Morgan fingerprint density at radius 1 is 0.389 bits per heavy atom. The zero-order valence-corrected chi connectivity index (χ0v) is 25.7. The van der Waals surface area contributed by atoms with Crippen molar-refractivity contribution in [1.29, 1.82) is 0 Å². The molecule has 0 fully saturated rings. The van der Waals surface area contributed by atoms with E-state index in [0.29, 0.717) is 0 Å². The van der Waals surface area contributed by atoms with Crippen LogP contribution in [0.4, 0.5) is 0 Å². The molecule has 0 bridgehead atoms. The molecular weight excluding hydrogens is 513 g/mol. The monoisotopic (exact) mass is 552 g/mol. The molecule has 0 nitrogen and oxygen atoms in total. The molecule has 0 atom stereocenters. The van der Waals surface area contributed by atoms with E-state index in [2.05, 4.69) is 97.3 Å². The van der Waals surface area contributed by atoms with Crippen LogP contribution < -0.4 is 0 Å². The molecule has 1 aliphatic rings. The Morgan fingerprint density at radius 2 is 0.611 bits per heavy atom. The number of hydrogen-bond donors (Lipinski definition) is 0. The lowest BCUT2D eigenvalue weighted by Crippen LogP contribution is -1.78. The van der Waals surface area contributed by atoms with E-state index in [4.69, 9.17) is 0 Å². The minimum atomic E-state index is 1.21. The molecule has 4 aromatic rings. The third kappa shape index (κ3) is 5.34. The highest BCUT2D eigenvalue weighted by Crippen LogP contribution is 2.30.